The molecule has 0 saturated carbocycles. The molecule has 0 radical (unpaired) electrons. The minimum absolute atomic E-state index is 0.0122. The molecular weight excluding hydrogens is 539 g/mol. The molecule has 13 heteroatoms. The Labute approximate surface area is 223 Å². The lowest BCUT2D eigenvalue weighted by atomic mass is 10.2. The quantitative estimate of drug-likeness (QED) is 0.281. The second-order valence-corrected chi connectivity index (χ2v) is 9.21. The molecule has 0 aliphatic rings. The van der Waals surface area contributed by atoms with Crippen molar-refractivity contribution in [3.63, 3.8) is 0 Å². The van der Waals surface area contributed by atoms with E-state index >= 15 is 0 Å². The van der Waals surface area contributed by atoms with Crippen LogP contribution in [0, 0.1) is 0 Å². The van der Waals surface area contributed by atoms with E-state index < -0.39 is 29.5 Å². The molecule has 0 unspecified atom stereocenters. The lowest BCUT2D eigenvalue weighted by Crippen LogP contribution is -2.25. The van der Waals surface area contributed by atoms with Gasteiger partial charge in [0.2, 0.25) is 0 Å². The van der Waals surface area contributed by atoms with Gasteiger partial charge in [0.15, 0.2) is 5.69 Å². The number of nitrogens with one attached hydrogen (secondary N) is 1. The highest BCUT2D eigenvalue weighted by Gasteiger charge is 2.31. The van der Waals surface area contributed by atoms with Crippen molar-refractivity contribution in [1.82, 2.24) is 9.78 Å². The van der Waals surface area contributed by atoms with Gasteiger partial charge >= 0.3 is 12.3 Å². The van der Waals surface area contributed by atoms with Gasteiger partial charge in [-0.05, 0) is 69.3 Å². The zero-order valence-corrected chi connectivity index (χ0v) is 21.7. The van der Waals surface area contributed by atoms with Crippen LogP contribution in [0.2, 0.25) is 0 Å². The average molecular weight is 562 g/mol. The highest BCUT2D eigenvalue weighted by Crippen LogP contribution is 2.31. The van der Waals surface area contributed by atoms with Crippen LogP contribution in [0.25, 0.3) is 16.5 Å². The molecule has 2 aromatic heterocycles. The summed E-state index contributed by atoms with van der Waals surface area (Å²) >= 11 is 1.01. The van der Waals surface area contributed by atoms with E-state index in [0.29, 0.717) is 11.3 Å². The van der Waals surface area contributed by atoms with E-state index in [1.54, 1.807) is 31.2 Å². The van der Waals surface area contributed by atoms with Gasteiger partial charge in [-0.15, -0.1) is 24.5 Å². The Bertz CT molecular complexity index is 1560. The molecule has 4 aromatic rings. The summed E-state index contributed by atoms with van der Waals surface area (Å²) in [5, 5.41) is 8.62. The van der Waals surface area contributed by atoms with Crippen LogP contribution in [0.3, 0.4) is 0 Å². The van der Waals surface area contributed by atoms with Gasteiger partial charge in [0.25, 0.3) is 11.5 Å². The number of aromatic nitrogens is 2. The molecule has 39 heavy (non-hydrogen) atoms. The Morgan fingerprint density at radius 3 is 2.28 bits per heavy atom. The third-order valence-corrected chi connectivity index (χ3v) is 6.05. The number of nitrogens with zero attached hydrogens (tertiary/aromatic N) is 2. The molecule has 0 atom stereocenters. The molecule has 9 nitrogen and oxygen atoms in total. The third kappa shape index (κ3) is 6.37. The largest absolute Gasteiger partial charge is 0.573 e. The summed E-state index contributed by atoms with van der Waals surface area (Å²) in [6.07, 6.45) is -4.93. The summed E-state index contributed by atoms with van der Waals surface area (Å²) in [6.45, 7) is 5.38. The standard InChI is InChI=1S/C26H22F3N3O6S/c1-4-36-25(35)21-19-13-39-23(30-22(33)15-5-9-17(10-6-15)37-14(2)3)20(19)24(34)32(31-21)16-7-11-18(12-8-16)38-26(27,28)29/h5-14H,4H2,1-3H3,(H,30,33). The molecule has 0 spiro atoms. The van der Waals surface area contributed by atoms with Crippen molar-refractivity contribution in [3.05, 3.63) is 75.5 Å². The first-order valence-corrected chi connectivity index (χ1v) is 12.5. The number of hydrogen-bond acceptors (Lipinski definition) is 8. The molecule has 204 valence electrons. The summed E-state index contributed by atoms with van der Waals surface area (Å²) in [6, 6.07) is 10.8. The lowest BCUT2D eigenvalue weighted by Gasteiger charge is -2.12. The van der Waals surface area contributed by atoms with Gasteiger partial charge in [0.05, 0.1) is 23.8 Å². The normalized spacial score (nSPS) is 11.5. The number of benzene rings is 2. The number of anilines is 1. The minimum atomic E-state index is -4.89. The highest BCUT2D eigenvalue weighted by atomic mass is 32.1. The number of amides is 1. The van der Waals surface area contributed by atoms with E-state index in [2.05, 4.69) is 15.2 Å². The number of thiophene rings is 1. The van der Waals surface area contributed by atoms with Crippen LogP contribution in [0.1, 0.15) is 41.6 Å². The van der Waals surface area contributed by atoms with Crippen LogP contribution in [0.4, 0.5) is 18.2 Å². The minimum Gasteiger partial charge on any atom is -0.491 e. The van der Waals surface area contributed by atoms with Crippen molar-refractivity contribution in [2.45, 2.75) is 33.2 Å². The van der Waals surface area contributed by atoms with Gasteiger partial charge in [-0.1, -0.05) is 0 Å². The van der Waals surface area contributed by atoms with E-state index in [0.717, 1.165) is 28.2 Å². The Balaban J connectivity index is 1.75. The number of ether oxygens (including phenoxy) is 3. The molecule has 1 N–H and O–H groups in total. The van der Waals surface area contributed by atoms with Gasteiger partial charge in [0, 0.05) is 16.3 Å². The van der Waals surface area contributed by atoms with E-state index in [-0.39, 0.29) is 39.9 Å². The number of esters is 1. The number of rotatable bonds is 8. The van der Waals surface area contributed by atoms with Crippen molar-refractivity contribution >= 4 is 39.0 Å². The second-order valence-electron chi connectivity index (χ2n) is 8.33. The lowest BCUT2D eigenvalue weighted by molar-refractivity contribution is -0.274. The van der Waals surface area contributed by atoms with Gasteiger partial charge in [-0.25, -0.2) is 4.79 Å². The van der Waals surface area contributed by atoms with Crippen molar-refractivity contribution in [1.29, 1.82) is 0 Å². The fraction of sp³-hybridized carbons (Fsp3) is 0.231. The zero-order chi connectivity index (χ0) is 28.3. The molecule has 1 amide bonds. The summed E-state index contributed by atoms with van der Waals surface area (Å²) in [4.78, 5) is 39.1. The van der Waals surface area contributed by atoms with Crippen LogP contribution < -0.4 is 20.3 Å². The van der Waals surface area contributed by atoms with Crippen molar-refractivity contribution in [2.75, 3.05) is 11.9 Å². The second kappa shape index (κ2) is 11.2. The first-order chi connectivity index (χ1) is 18.5. The number of fused-ring (bicyclic) bond motifs is 1. The smallest absolute Gasteiger partial charge is 0.491 e. The summed E-state index contributed by atoms with van der Waals surface area (Å²) in [7, 11) is 0. The molecule has 0 aliphatic carbocycles. The fourth-order valence-corrected chi connectivity index (χ4v) is 4.52. The van der Waals surface area contributed by atoms with E-state index in [1.807, 2.05) is 13.8 Å². The predicted octanol–water partition coefficient (Wildman–Crippen LogP) is 5.56. The number of carbonyl (C=O) groups is 2. The number of halogens is 3. The average Bonchev–Trinajstić information content (AvgIpc) is 3.28. The van der Waals surface area contributed by atoms with Crippen LogP contribution in [0.15, 0.2) is 58.7 Å². The fourth-order valence-electron chi connectivity index (χ4n) is 3.59. The van der Waals surface area contributed by atoms with Crippen LogP contribution in [-0.4, -0.2) is 40.7 Å². The van der Waals surface area contributed by atoms with Crippen molar-refractivity contribution < 1.29 is 37.0 Å². The van der Waals surface area contributed by atoms with Crippen molar-refractivity contribution in [2.24, 2.45) is 0 Å². The number of carbonyl (C=O) groups excluding carboxylic acids is 2. The van der Waals surface area contributed by atoms with E-state index in [4.69, 9.17) is 9.47 Å². The Hall–Kier alpha value is -4.39. The number of alkyl halides is 3. The molecule has 2 aromatic carbocycles. The third-order valence-electron chi connectivity index (χ3n) is 5.15. The maximum atomic E-state index is 13.5. The van der Waals surface area contributed by atoms with Gasteiger partial charge in [0.1, 0.15) is 16.5 Å². The summed E-state index contributed by atoms with van der Waals surface area (Å²) in [5.74, 6) is -1.24. The molecule has 0 bridgehead atoms. The summed E-state index contributed by atoms with van der Waals surface area (Å²) in [5.41, 5.74) is -0.548. The number of hydrogen-bond donors (Lipinski definition) is 1. The Kier molecular flexibility index (Phi) is 7.90. The van der Waals surface area contributed by atoms with Crippen LogP contribution in [0.5, 0.6) is 11.5 Å². The van der Waals surface area contributed by atoms with Gasteiger partial charge in [-0.3, -0.25) is 9.59 Å². The Morgan fingerprint density at radius 1 is 1.05 bits per heavy atom. The zero-order valence-electron chi connectivity index (χ0n) is 20.9. The van der Waals surface area contributed by atoms with E-state index in [9.17, 15) is 27.6 Å². The molecule has 4 rings (SSSR count). The summed E-state index contributed by atoms with van der Waals surface area (Å²) < 4.78 is 53.0. The molecule has 0 aliphatic heterocycles. The SMILES string of the molecule is CCOC(=O)c1nn(-c2ccc(OC(F)(F)F)cc2)c(=O)c2c(NC(=O)c3ccc(OC(C)C)cc3)scc12. The van der Waals surface area contributed by atoms with Crippen LogP contribution >= 0.6 is 11.3 Å². The van der Waals surface area contributed by atoms with Gasteiger partial charge in [-0.2, -0.15) is 9.78 Å². The van der Waals surface area contributed by atoms with E-state index in [1.165, 1.54) is 17.5 Å². The molecule has 2 heterocycles. The Morgan fingerprint density at radius 2 is 1.69 bits per heavy atom. The predicted molar refractivity (Wildman–Crippen MR) is 138 cm³/mol. The first-order valence-electron chi connectivity index (χ1n) is 11.6. The maximum Gasteiger partial charge on any atom is 0.573 e. The van der Waals surface area contributed by atoms with Crippen molar-refractivity contribution in [3.8, 4) is 17.2 Å². The highest BCUT2D eigenvalue weighted by molar-refractivity contribution is 7.16. The van der Waals surface area contributed by atoms with Gasteiger partial charge < -0.3 is 19.5 Å². The molecular formula is C26H22F3N3O6S. The molecule has 0 saturated heterocycles. The maximum absolute atomic E-state index is 13.5. The first kappa shape index (κ1) is 27.6. The topological polar surface area (TPSA) is 109 Å². The van der Waals surface area contributed by atoms with Crippen LogP contribution in [-0.2, 0) is 4.74 Å². The molecule has 0 fully saturated rings. The monoisotopic (exact) mass is 561 g/mol.